The van der Waals surface area contributed by atoms with Gasteiger partial charge in [0, 0.05) is 26.1 Å². The Kier molecular flexibility index (Phi) is 7.67. The van der Waals surface area contributed by atoms with Gasteiger partial charge in [0.25, 0.3) is 0 Å². The largest absolute Gasteiger partial charge is 0.416 e. The molecule has 0 N–H and O–H groups in total. The predicted molar refractivity (Wildman–Crippen MR) is 118 cm³/mol. The molecule has 8 heteroatoms. The van der Waals surface area contributed by atoms with Gasteiger partial charge in [-0.25, -0.2) is 4.98 Å². The van der Waals surface area contributed by atoms with Crippen molar-refractivity contribution in [2.45, 2.75) is 32.0 Å². The third kappa shape index (κ3) is 6.77. The molecule has 0 unspecified atom stereocenters. The van der Waals surface area contributed by atoms with Crippen LogP contribution in [-0.2, 0) is 23.9 Å². The number of thiazole rings is 1. The zero-order valence-corrected chi connectivity index (χ0v) is 18.5. The van der Waals surface area contributed by atoms with Crippen molar-refractivity contribution in [2.24, 2.45) is 0 Å². The summed E-state index contributed by atoms with van der Waals surface area (Å²) in [5.41, 5.74) is 0.750. The molecule has 4 nitrogen and oxygen atoms in total. The SMILES string of the molecule is CN(C)CCN(Cc1cccc(C(F)(F)F)c1)C(=O)CCCc1nc2ccccc2s1. The molecule has 0 fully saturated rings. The zero-order valence-electron chi connectivity index (χ0n) is 17.7. The number of hydrogen-bond donors (Lipinski definition) is 0. The zero-order chi connectivity index (χ0) is 22.4. The summed E-state index contributed by atoms with van der Waals surface area (Å²) in [6.07, 6.45) is -2.70. The molecule has 0 aliphatic heterocycles. The molecule has 1 heterocycles. The Bertz CT molecular complexity index is 983. The van der Waals surface area contributed by atoms with Crippen LogP contribution in [-0.4, -0.2) is 47.9 Å². The highest BCUT2D eigenvalue weighted by atomic mass is 32.1. The van der Waals surface area contributed by atoms with Gasteiger partial charge in [0.15, 0.2) is 0 Å². The maximum Gasteiger partial charge on any atom is 0.416 e. The van der Waals surface area contributed by atoms with Crippen LogP contribution in [0.5, 0.6) is 0 Å². The van der Waals surface area contributed by atoms with Crippen LogP contribution in [0.1, 0.15) is 29.0 Å². The van der Waals surface area contributed by atoms with Gasteiger partial charge in [0.1, 0.15) is 0 Å². The summed E-state index contributed by atoms with van der Waals surface area (Å²) >= 11 is 1.63. The van der Waals surface area contributed by atoms with Gasteiger partial charge in [0.2, 0.25) is 5.91 Å². The standard InChI is InChI=1S/C23H26F3N3OS/c1-28(2)13-14-29(16-17-7-5-8-18(15-17)23(24,25)26)22(30)12-6-11-21-27-19-9-3-4-10-20(19)31-21/h3-5,7-10,15H,6,11-14,16H2,1-2H3. The van der Waals surface area contributed by atoms with Gasteiger partial charge in [-0.3, -0.25) is 4.79 Å². The van der Waals surface area contributed by atoms with Gasteiger partial charge < -0.3 is 9.80 Å². The van der Waals surface area contributed by atoms with E-state index in [1.54, 1.807) is 22.3 Å². The van der Waals surface area contributed by atoms with E-state index in [0.29, 0.717) is 37.9 Å². The maximum absolute atomic E-state index is 13.0. The number of halogens is 3. The Labute approximate surface area is 184 Å². The van der Waals surface area contributed by atoms with Crippen molar-refractivity contribution in [3.8, 4) is 0 Å². The smallest absolute Gasteiger partial charge is 0.337 e. The van der Waals surface area contributed by atoms with E-state index in [2.05, 4.69) is 4.98 Å². The Morgan fingerprint density at radius 2 is 1.84 bits per heavy atom. The third-order valence-electron chi connectivity index (χ3n) is 4.92. The summed E-state index contributed by atoms with van der Waals surface area (Å²) in [7, 11) is 3.81. The van der Waals surface area contributed by atoms with Crippen LogP contribution < -0.4 is 0 Å². The van der Waals surface area contributed by atoms with Crippen molar-refractivity contribution in [1.29, 1.82) is 0 Å². The van der Waals surface area contributed by atoms with Gasteiger partial charge in [-0.05, 0) is 56.8 Å². The first-order valence-corrected chi connectivity index (χ1v) is 11.0. The lowest BCUT2D eigenvalue weighted by Crippen LogP contribution is -2.36. The molecule has 1 amide bonds. The van der Waals surface area contributed by atoms with Crippen molar-refractivity contribution < 1.29 is 18.0 Å². The average Bonchev–Trinajstić information content (AvgIpc) is 3.13. The molecule has 2 aromatic carbocycles. The molecular formula is C23H26F3N3OS. The van der Waals surface area contributed by atoms with Gasteiger partial charge in [-0.2, -0.15) is 13.2 Å². The second-order valence-electron chi connectivity index (χ2n) is 7.75. The molecule has 3 rings (SSSR count). The molecule has 0 aliphatic carbocycles. The summed E-state index contributed by atoms with van der Waals surface area (Å²) < 4.78 is 40.2. The van der Waals surface area contributed by atoms with Crippen LogP contribution in [0.15, 0.2) is 48.5 Å². The second-order valence-corrected chi connectivity index (χ2v) is 8.86. The summed E-state index contributed by atoms with van der Waals surface area (Å²) in [5.74, 6) is -0.0552. The molecular weight excluding hydrogens is 423 g/mol. The molecule has 0 radical (unpaired) electrons. The number of aromatic nitrogens is 1. The fraction of sp³-hybridized carbons (Fsp3) is 0.391. The van der Waals surface area contributed by atoms with Crippen molar-refractivity contribution in [3.05, 3.63) is 64.7 Å². The number of carbonyl (C=O) groups is 1. The Morgan fingerprint density at radius 1 is 1.06 bits per heavy atom. The van der Waals surface area contributed by atoms with Crippen LogP contribution in [0.25, 0.3) is 10.2 Å². The van der Waals surface area contributed by atoms with Gasteiger partial charge >= 0.3 is 6.18 Å². The van der Waals surface area contributed by atoms with E-state index in [9.17, 15) is 18.0 Å². The van der Waals surface area contributed by atoms with Crippen LogP contribution in [0.3, 0.4) is 0 Å². The van der Waals surface area contributed by atoms with Crippen LogP contribution in [0.4, 0.5) is 13.2 Å². The van der Waals surface area contributed by atoms with Gasteiger partial charge in [0.05, 0.1) is 20.8 Å². The van der Waals surface area contributed by atoms with Crippen LogP contribution >= 0.6 is 11.3 Å². The van der Waals surface area contributed by atoms with E-state index < -0.39 is 11.7 Å². The van der Waals surface area contributed by atoms with E-state index in [0.717, 1.165) is 27.4 Å². The van der Waals surface area contributed by atoms with E-state index in [1.807, 2.05) is 43.3 Å². The number of likely N-dealkylation sites (N-methyl/N-ethyl adjacent to an activating group) is 1. The average molecular weight is 450 g/mol. The first-order valence-electron chi connectivity index (χ1n) is 10.2. The number of carbonyl (C=O) groups excluding carboxylic acids is 1. The van der Waals surface area contributed by atoms with Crippen molar-refractivity contribution in [3.63, 3.8) is 0 Å². The molecule has 0 atom stereocenters. The Balaban J connectivity index is 1.62. The highest BCUT2D eigenvalue weighted by molar-refractivity contribution is 7.18. The minimum absolute atomic E-state index is 0.0552. The molecule has 1 aromatic heterocycles. The fourth-order valence-corrected chi connectivity index (χ4v) is 4.26. The minimum atomic E-state index is -4.40. The van der Waals surface area contributed by atoms with E-state index in [1.165, 1.54) is 6.07 Å². The van der Waals surface area contributed by atoms with E-state index >= 15 is 0 Å². The molecule has 0 saturated carbocycles. The van der Waals surface area contributed by atoms with E-state index in [-0.39, 0.29) is 12.5 Å². The molecule has 166 valence electrons. The summed E-state index contributed by atoms with van der Waals surface area (Å²) in [6, 6.07) is 13.1. The first-order chi connectivity index (χ1) is 14.7. The number of rotatable bonds is 9. The quantitative estimate of drug-likeness (QED) is 0.449. The molecule has 0 aliphatic rings. The monoisotopic (exact) mass is 449 g/mol. The van der Waals surface area contributed by atoms with Crippen molar-refractivity contribution >= 4 is 27.5 Å². The second kappa shape index (κ2) is 10.2. The topological polar surface area (TPSA) is 36.4 Å². The maximum atomic E-state index is 13.0. The number of alkyl halides is 3. The number of benzene rings is 2. The lowest BCUT2D eigenvalue weighted by atomic mass is 10.1. The third-order valence-corrected chi connectivity index (χ3v) is 6.01. The number of hydrogen-bond acceptors (Lipinski definition) is 4. The van der Waals surface area contributed by atoms with Gasteiger partial charge in [-0.15, -0.1) is 11.3 Å². The molecule has 0 saturated heterocycles. The lowest BCUT2D eigenvalue weighted by molar-refractivity contribution is -0.137. The highest BCUT2D eigenvalue weighted by Gasteiger charge is 2.30. The minimum Gasteiger partial charge on any atom is -0.337 e. The lowest BCUT2D eigenvalue weighted by Gasteiger charge is -2.25. The summed E-state index contributed by atoms with van der Waals surface area (Å²) in [5, 5.41) is 0.992. The number of aryl methyl sites for hydroxylation is 1. The summed E-state index contributed by atoms with van der Waals surface area (Å²) in [4.78, 5) is 21.1. The Morgan fingerprint density at radius 3 is 2.55 bits per heavy atom. The number of para-hydroxylation sites is 1. The summed E-state index contributed by atoms with van der Waals surface area (Å²) in [6.45, 7) is 1.27. The van der Waals surface area contributed by atoms with Crippen LogP contribution in [0.2, 0.25) is 0 Å². The van der Waals surface area contributed by atoms with E-state index in [4.69, 9.17) is 0 Å². The predicted octanol–water partition coefficient (Wildman–Crippen LogP) is 5.23. The molecule has 0 spiro atoms. The number of amides is 1. The molecule has 3 aromatic rings. The Hall–Kier alpha value is -2.45. The fourth-order valence-electron chi connectivity index (χ4n) is 3.25. The normalized spacial score (nSPS) is 11.9. The molecule has 0 bridgehead atoms. The van der Waals surface area contributed by atoms with Gasteiger partial charge in [-0.1, -0.05) is 24.3 Å². The molecule has 31 heavy (non-hydrogen) atoms. The number of fused-ring (bicyclic) bond motifs is 1. The first kappa shape index (κ1) is 23.2. The van der Waals surface area contributed by atoms with Crippen molar-refractivity contribution in [2.75, 3.05) is 27.2 Å². The number of nitrogens with zero attached hydrogens (tertiary/aromatic N) is 3. The highest BCUT2D eigenvalue weighted by Crippen LogP contribution is 2.30. The van der Waals surface area contributed by atoms with Crippen LogP contribution in [0, 0.1) is 0 Å². The van der Waals surface area contributed by atoms with Crippen molar-refractivity contribution in [1.82, 2.24) is 14.8 Å².